The maximum Gasteiger partial charge on any atom is 0.234 e. The molecular formula is C17H13ClN2OS. The van der Waals surface area contributed by atoms with Crippen molar-refractivity contribution in [1.29, 1.82) is 0 Å². The molecule has 3 aromatic rings. The molecule has 0 saturated heterocycles. The summed E-state index contributed by atoms with van der Waals surface area (Å²) in [6.45, 7) is 0. The number of hydrogen-bond donors (Lipinski definition) is 1. The third-order valence-corrected chi connectivity index (χ3v) is 4.63. The molecule has 1 aromatic heterocycles. The molecule has 3 rings (SSSR count). The van der Waals surface area contributed by atoms with E-state index in [1.54, 1.807) is 6.20 Å². The van der Waals surface area contributed by atoms with Gasteiger partial charge in [-0.15, -0.1) is 11.8 Å². The molecule has 0 fully saturated rings. The fourth-order valence-corrected chi connectivity index (χ4v) is 3.14. The van der Waals surface area contributed by atoms with Gasteiger partial charge in [-0.3, -0.25) is 9.78 Å². The number of nitrogens with one attached hydrogen (secondary N) is 1. The number of rotatable bonds is 4. The standard InChI is InChI=1S/C17H13ClN2OS/c18-13-6-1-2-9-16(13)22-11-17(21)20-15-8-3-7-14-12(15)5-4-10-19-14/h1-10H,11H2,(H,20,21). The zero-order valence-electron chi connectivity index (χ0n) is 11.6. The van der Waals surface area contributed by atoms with E-state index in [0.717, 1.165) is 21.5 Å². The van der Waals surface area contributed by atoms with Gasteiger partial charge < -0.3 is 5.32 Å². The van der Waals surface area contributed by atoms with Crippen LogP contribution < -0.4 is 5.32 Å². The predicted molar refractivity (Wildman–Crippen MR) is 92.5 cm³/mol. The lowest BCUT2D eigenvalue weighted by atomic mass is 10.2. The molecule has 22 heavy (non-hydrogen) atoms. The third-order valence-electron chi connectivity index (χ3n) is 3.12. The summed E-state index contributed by atoms with van der Waals surface area (Å²) in [6, 6.07) is 17.0. The molecule has 0 unspecified atom stereocenters. The van der Waals surface area contributed by atoms with Crippen molar-refractivity contribution in [1.82, 2.24) is 4.98 Å². The number of fused-ring (bicyclic) bond motifs is 1. The van der Waals surface area contributed by atoms with Gasteiger partial charge in [-0.25, -0.2) is 0 Å². The number of halogens is 1. The van der Waals surface area contributed by atoms with Crippen molar-refractivity contribution in [3.8, 4) is 0 Å². The molecule has 0 saturated carbocycles. The Labute approximate surface area is 137 Å². The summed E-state index contributed by atoms with van der Waals surface area (Å²) in [5.41, 5.74) is 1.63. The van der Waals surface area contributed by atoms with Crippen LogP contribution in [-0.4, -0.2) is 16.6 Å². The van der Waals surface area contributed by atoms with E-state index in [2.05, 4.69) is 10.3 Å². The summed E-state index contributed by atoms with van der Waals surface area (Å²) < 4.78 is 0. The fourth-order valence-electron chi connectivity index (χ4n) is 2.10. The van der Waals surface area contributed by atoms with E-state index in [-0.39, 0.29) is 5.91 Å². The van der Waals surface area contributed by atoms with Crippen molar-refractivity contribution in [2.75, 3.05) is 11.1 Å². The lowest BCUT2D eigenvalue weighted by Crippen LogP contribution is -2.14. The number of hydrogen-bond acceptors (Lipinski definition) is 3. The number of nitrogens with zero attached hydrogens (tertiary/aromatic N) is 1. The minimum absolute atomic E-state index is 0.0683. The fraction of sp³-hybridized carbons (Fsp3) is 0.0588. The van der Waals surface area contributed by atoms with Crippen LogP contribution in [0.5, 0.6) is 0 Å². The minimum Gasteiger partial charge on any atom is -0.325 e. The van der Waals surface area contributed by atoms with Gasteiger partial charge >= 0.3 is 0 Å². The molecule has 0 radical (unpaired) electrons. The van der Waals surface area contributed by atoms with Crippen LogP contribution in [0.15, 0.2) is 65.7 Å². The Balaban J connectivity index is 1.70. The average Bonchev–Trinajstić information content (AvgIpc) is 2.54. The van der Waals surface area contributed by atoms with E-state index in [4.69, 9.17) is 11.6 Å². The quantitative estimate of drug-likeness (QED) is 0.711. The largest absolute Gasteiger partial charge is 0.325 e. The molecule has 110 valence electrons. The van der Waals surface area contributed by atoms with Gasteiger partial charge in [0.25, 0.3) is 0 Å². The summed E-state index contributed by atoms with van der Waals surface area (Å²) >= 11 is 7.51. The minimum atomic E-state index is -0.0683. The molecule has 0 atom stereocenters. The van der Waals surface area contributed by atoms with Crippen molar-refractivity contribution in [3.05, 3.63) is 65.8 Å². The molecule has 0 aliphatic carbocycles. The van der Waals surface area contributed by atoms with E-state index < -0.39 is 0 Å². The zero-order chi connectivity index (χ0) is 15.4. The number of carbonyl (C=O) groups is 1. The number of anilines is 1. The van der Waals surface area contributed by atoms with Crippen molar-refractivity contribution < 1.29 is 4.79 Å². The van der Waals surface area contributed by atoms with Crippen molar-refractivity contribution >= 4 is 45.9 Å². The second-order valence-electron chi connectivity index (χ2n) is 4.64. The first-order valence-electron chi connectivity index (χ1n) is 6.75. The molecule has 1 N–H and O–H groups in total. The highest BCUT2D eigenvalue weighted by molar-refractivity contribution is 8.00. The van der Waals surface area contributed by atoms with Crippen LogP contribution >= 0.6 is 23.4 Å². The highest BCUT2D eigenvalue weighted by atomic mass is 35.5. The van der Waals surface area contributed by atoms with Crippen molar-refractivity contribution in [2.24, 2.45) is 0 Å². The highest BCUT2D eigenvalue weighted by Gasteiger charge is 2.08. The van der Waals surface area contributed by atoms with Crippen LogP contribution in [0.4, 0.5) is 5.69 Å². The van der Waals surface area contributed by atoms with Crippen LogP contribution in [0.25, 0.3) is 10.9 Å². The number of benzene rings is 2. The molecule has 1 heterocycles. The Morgan fingerprint density at radius 1 is 1.09 bits per heavy atom. The molecule has 0 aliphatic heterocycles. The second-order valence-corrected chi connectivity index (χ2v) is 6.07. The van der Waals surface area contributed by atoms with E-state index >= 15 is 0 Å². The monoisotopic (exact) mass is 328 g/mol. The van der Waals surface area contributed by atoms with Gasteiger partial charge in [-0.2, -0.15) is 0 Å². The number of pyridine rings is 1. The summed E-state index contributed by atoms with van der Waals surface area (Å²) in [7, 11) is 0. The maximum atomic E-state index is 12.1. The predicted octanol–water partition coefficient (Wildman–Crippen LogP) is 4.62. The molecule has 0 aliphatic rings. The molecule has 2 aromatic carbocycles. The number of aromatic nitrogens is 1. The first kappa shape index (κ1) is 14.9. The van der Waals surface area contributed by atoms with E-state index in [1.807, 2.05) is 54.6 Å². The van der Waals surface area contributed by atoms with E-state index in [1.165, 1.54) is 11.8 Å². The second kappa shape index (κ2) is 6.81. The molecule has 3 nitrogen and oxygen atoms in total. The lowest BCUT2D eigenvalue weighted by Gasteiger charge is -2.08. The van der Waals surface area contributed by atoms with Crippen molar-refractivity contribution in [2.45, 2.75) is 4.90 Å². The van der Waals surface area contributed by atoms with Gasteiger partial charge in [-0.1, -0.05) is 29.8 Å². The van der Waals surface area contributed by atoms with Crippen LogP contribution in [-0.2, 0) is 4.79 Å². The Kier molecular flexibility index (Phi) is 4.61. The highest BCUT2D eigenvalue weighted by Crippen LogP contribution is 2.27. The van der Waals surface area contributed by atoms with Gasteiger partial charge in [-0.05, 0) is 36.4 Å². The van der Waals surface area contributed by atoms with Crippen LogP contribution in [0.1, 0.15) is 0 Å². The van der Waals surface area contributed by atoms with Gasteiger partial charge in [0, 0.05) is 16.5 Å². The normalized spacial score (nSPS) is 10.6. The summed E-state index contributed by atoms with van der Waals surface area (Å²) in [5, 5.41) is 4.53. The first-order chi connectivity index (χ1) is 10.7. The Hall–Kier alpha value is -2.04. The topological polar surface area (TPSA) is 42.0 Å². The summed E-state index contributed by atoms with van der Waals surface area (Å²) in [4.78, 5) is 17.3. The van der Waals surface area contributed by atoms with E-state index in [0.29, 0.717) is 10.8 Å². The summed E-state index contributed by atoms with van der Waals surface area (Å²) in [5.74, 6) is 0.238. The maximum absolute atomic E-state index is 12.1. The van der Waals surface area contributed by atoms with Gasteiger partial charge in [0.2, 0.25) is 5.91 Å². The molecule has 1 amide bonds. The lowest BCUT2D eigenvalue weighted by molar-refractivity contribution is -0.113. The van der Waals surface area contributed by atoms with Crippen LogP contribution in [0, 0.1) is 0 Å². The van der Waals surface area contributed by atoms with Crippen LogP contribution in [0.3, 0.4) is 0 Å². The SMILES string of the molecule is O=C(CSc1ccccc1Cl)Nc1cccc2ncccc12. The third kappa shape index (κ3) is 3.40. The van der Waals surface area contributed by atoms with Gasteiger partial charge in [0.15, 0.2) is 0 Å². The van der Waals surface area contributed by atoms with Crippen molar-refractivity contribution in [3.63, 3.8) is 0 Å². The molecule has 5 heteroatoms. The first-order valence-corrected chi connectivity index (χ1v) is 8.11. The number of thioether (sulfide) groups is 1. The van der Waals surface area contributed by atoms with Gasteiger partial charge in [0.1, 0.15) is 0 Å². The Morgan fingerprint density at radius 2 is 1.95 bits per heavy atom. The average molecular weight is 329 g/mol. The molecule has 0 bridgehead atoms. The smallest absolute Gasteiger partial charge is 0.234 e. The van der Waals surface area contributed by atoms with E-state index in [9.17, 15) is 4.79 Å². The van der Waals surface area contributed by atoms with Gasteiger partial charge in [0.05, 0.1) is 22.0 Å². The van der Waals surface area contributed by atoms with Crippen LogP contribution in [0.2, 0.25) is 5.02 Å². The number of amides is 1. The molecular weight excluding hydrogens is 316 g/mol. The Bertz CT molecular complexity index is 817. The number of carbonyl (C=O) groups excluding carboxylic acids is 1. The molecule has 0 spiro atoms. The Morgan fingerprint density at radius 3 is 2.82 bits per heavy atom. The zero-order valence-corrected chi connectivity index (χ0v) is 13.2. The summed E-state index contributed by atoms with van der Waals surface area (Å²) in [6.07, 6.45) is 1.74.